The van der Waals surface area contributed by atoms with Gasteiger partial charge in [-0.2, -0.15) is 0 Å². The molecule has 24 heavy (non-hydrogen) atoms. The number of nitrogens with one attached hydrogen (secondary N) is 1. The first-order valence-electron chi connectivity index (χ1n) is 7.88. The molecule has 0 spiro atoms. The van der Waals surface area contributed by atoms with E-state index in [1.54, 1.807) is 18.2 Å². The van der Waals surface area contributed by atoms with E-state index < -0.39 is 11.7 Å². The second kappa shape index (κ2) is 6.43. The molecule has 0 unspecified atom stereocenters. The molecule has 0 bridgehead atoms. The van der Waals surface area contributed by atoms with E-state index in [0.717, 1.165) is 16.8 Å². The predicted octanol–water partition coefficient (Wildman–Crippen LogP) is 3.43. The van der Waals surface area contributed by atoms with Crippen molar-refractivity contribution in [3.05, 3.63) is 59.4 Å². The number of hydrogen-bond acceptors (Lipinski definition) is 2. The number of hydrogen-bond donors (Lipinski definition) is 1. The van der Waals surface area contributed by atoms with Gasteiger partial charge >= 0.3 is 0 Å². The summed E-state index contributed by atoms with van der Waals surface area (Å²) in [7, 11) is 0. The summed E-state index contributed by atoms with van der Waals surface area (Å²) in [5, 5.41) is 2.89. The summed E-state index contributed by atoms with van der Waals surface area (Å²) >= 11 is 0. The highest BCUT2D eigenvalue weighted by molar-refractivity contribution is 6.03. The number of carbonyl (C=O) groups excluding carboxylic acids is 2. The van der Waals surface area contributed by atoms with Gasteiger partial charge in [0.25, 0.3) is 0 Å². The van der Waals surface area contributed by atoms with Crippen molar-refractivity contribution >= 4 is 23.2 Å². The number of anilines is 2. The van der Waals surface area contributed by atoms with Crippen LogP contribution in [0.15, 0.2) is 42.5 Å². The monoisotopic (exact) mass is 326 g/mol. The first kappa shape index (κ1) is 16.2. The van der Waals surface area contributed by atoms with E-state index in [2.05, 4.69) is 5.32 Å². The van der Waals surface area contributed by atoms with Gasteiger partial charge in [-0.1, -0.05) is 24.3 Å². The zero-order valence-electron chi connectivity index (χ0n) is 13.7. The average Bonchev–Trinajstić information content (AvgIpc) is 2.93. The smallest absolute Gasteiger partial charge is 0.229 e. The molecule has 0 radical (unpaired) electrons. The lowest BCUT2D eigenvalue weighted by atomic mass is 10.1. The molecule has 1 aliphatic heterocycles. The topological polar surface area (TPSA) is 49.4 Å². The van der Waals surface area contributed by atoms with Crippen LogP contribution in [0.1, 0.15) is 17.5 Å². The van der Waals surface area contributed by atoms with Crippen LogP contribution in [0.25, 0.3) is 0 Å². The van der Waals surface area contributed by atoms with E-state index in [9.17, 15) is 14.0 Å². The van der Waals surface area contributed by atoms with Gasteiger partial charge in [0.05, 0.1) is 11.6 Å². The van der Waals surface area contributed by atoms with Crippen molar-refractivity contribution in [3.63, 3.8) is 0 Å². The summed E-state index contributed by atoms with van der Waals surface area (Å²) in [4.78, 5) is 26.0. The summed E-state index contributed by atoms with van der Waals surface area (Å²) in [5.74, 6) is -1.39. The van der Waals surface area contributed by atoms with Crippen molar-refractivity contribution < 1.29 is 14.0 Å². The average molecular weight is 326 g/mol. The number of rotatable bonds is 3. The van der Waals surface area contributed by atoms with Crippen LogP contribution in [0.4, 0.5) is 15.8 Å². The lowest BCUT2D eigenvalue weighted by Gasteiger charge is -2.17. The minimum Gasteiger partial charge on any atom is -0.326 e. The van der Waals surface area contributed by atoms with Gasteiger partial charge in [0, 0.05) is 18.7 Å². The summed E-state index contributed by atoms with van der Waals surface area (Å²) in [6.07, 6.45) is 0.0883. The van der Waals surface area contributed by atoms with E-state index >= 15 is 0 Å². The van der Waals surface area contributed by atoms with Crippen molar-refractivity contribution in [2.45, 2.75) is 20.3 Å². The zero-order valence-corrected chi connectivity index (χ0v) is 13.7. The van der Waals surface area contributed by atoms with Crippen molar-refractivity contribution in [2.24, 2.45) is 5.92 Å². The minimum atomic E-state index is -0.489. The third-order valence-corrected chi connectivity index (χ3v) is 4.29. The maximum Gasteiger partial charge on any atom is 0.229 e. The summed E-state index contributed by atoms with van der Waals surface area (Å²) in [6.45, 7) is 4.06. The van der Waals surface area contributed by atoms with Gasteiger partial charge in [-0.15, -0.1) is 0 Å². The SMILES string of the molecule is Cc1ccc(C)c(NC(=O)[C@@H]2CC(=O)N(c3ccccc3F)C2)c1. The Kier molecular flexibility index (Phi) is 4.34. The van der Waals surface area contributed by atoms with Gasteiger partial charge in [0.2, 0.25) is 11.8 Å². The second-order valence-electron chi connectivity index (χ2n) is 6.16. The molecule has 1 saturated heterocycles. The fourth-order valence-electron chi connectivity index (χ4n) is 2.89. The Labute approximate surface area is 140 Å². The van der Waals surface area contributed by atoms with Crippen LogP contribution >= 0.6 is 0 Å². The van der Waals surface area contributed by atoms with Gasteiger partial charge in [0.1, 0.15) is 5.82 Å². The van der Waals surface area contributed by atoms with Crippen molar-refractivity contribution in [3.8, 4) is 0 Å². The molecule has 1 atom stereocenters. The molecule has 3 rings (SSSR count). The lowest BCUT2D eigenvalue weighted by Crippen LogP contribution is -2.28. The third kappa shape index (κ3) is 3.15. The van der Waals surface area contributed by atoms with Gasteiger partial charge in [-0.25, -0.2) is 4.39 Å². The third-order valence-electron chi connectivity index (χ3n) is 4.29. The van der Waals surface area contributed by atoms with Crippen molar-refractivity contribution in [1.29, 1.82) is 0 Å². The Balaban J connectivity index is 1.75. The van der Waals surface area contributed by atoms with Crippen LogP contribution < -0.4 is 10.2 Å². The maximum atomic E-state index is 13.9. The second-order valence-corrected chi connectivity index (χ2v) is 6.16. The zero-order chi connectivity index (χ0) is 17.3. The van der Waals surface area contributed by atoms with Crippen LogP contribution in [0.2, 0.25) is 0 Å². The molecule has 5 heteroatoms. The van der Waals surface area contributed by atoms with Crippen molar-refractivity contribution in [2.75, 3.05) is 16.8 Å². The number of carbonyl (C=O) groups is 2. The number of amides is 2. The van der Waals surface area contributed by atoms with E-state index in [0.29, 0.717) is 0 Å². The minimum absolute atomic E-state index is 0.0883. The highest BCUT2D eigenvalue weighted by Gasteiger charge is 2.36. The molecular weight excluding hydrogens is 307 g/mol. The predicted molar refractivity (Wildman–Crippen MR) is 91.4 cm³/mol. The van der Waals surface area contributed by atoms with Gasteiger partial charge in [0.15, 0.2) is 0 Å². The molecule has 1 fully saturated rings. The lowest BCUT2D eigenvalue weighted by molar-refractivity contribution is -0.122. The van der Waals surface area contributed by atoms with Crippen LogP contribution in [0.3, 0.4) is 0 Å². The number of aryl methyl sites for hydroxylation is 2. The Hall–Kier alpha value is -2.69. The van der Waals surface area contributed by atoms with Gasteiger partial charge in [-0.05, 0) is 43.2 Å². The maximum absolute atomic E-state index is 13.9. The normalized spacial score (nSPS) is 17.2. The number of nitrogens with zero attached hydrogens (tertiary/aromatic N) is 1. The molecule has 0 aromatic heterocycles. The summed E-state index contributed by atoms with van der Waals surface area (Å²) < 4.78 is 13.9. The Morgan fingerprint density at radius 3 is 2.71 bits per heavy atom. The Morgan fingerprint density at radius 2 is 1.96 bits per heavy atom. The van der Waals surface area contributed by atoms with Crippen LogP contribution in [0.5, 0.6) is 0 Å². The fraction of sp³-hybridized carbons (Fsp3) is 0.263. The molecule has 2 aromatic rings. The van der Waals surface area contributed by atoms with E-state index in [4.69, 9.17) is 0 Å². The highest BCUT2D eigenvalue weighted by Crippen LogP contribution is 2.28. The highest BCUT2D eigenvalue weighted by atomic mass is 19.1. The molecule has 1 heterocycles. The Morgan fingerprint density at radius 1 is 1.21 bits per heavy atom. The molecule has 124 valence electrons. The Bertz CT molecular complexity index is 804. The van der Waals surface area contributed by atoms with Crippen LogP contribution in [-0.2, 0) is 9.59 Å². The van der Waals surface area contributed by atoms with Gasteiger partial charge in [-0.3, -0.25) is 9.59 Å². The fourth-order valence-corrected chi connectivity index (χ4v) is 2.89. The molecule has 2 amide bonds. The number of benzene rings is 2. The molecule has 0 aliphatic carbocycles. The molecule has 4 nitrogen and oxygen atoms in total. The molecule has 1 aliphatic rings. The largest absolute Gasteiger partial charge is 0.326 e. The standard InChI is InChI=1S/C19H19FN2O2/c1-12-7-8-13(2)16(9-12)21-19(24)14-10-18(23)22(11-14)17-6-4-3-5-15(17)20/h3-9,14H,10-11H2,1-2H3,(H,21,24)/t14-/m1/s1. The quantitative estimate of drug-likeness (QED) is 0.939. The molecule has 2 aromatic carbocycles. The first-order valence-corrected chi connectivity index (χ1v) is 7.88. The van der Waals surface area contributed by atoms with E-state index in [1.807, 2.05) is 32.0 Å². The first-order chi connectivity index (χ1) is 11.5. The molecular formula is C19H19FN2O2. The molecule has 0 saturated carbocycles. The molecule has 1 N–H and O–H groups in total. The van der Waals surface area contributed by atoms with Gasteiger partial charge < -0.3 is 10.2 Å². The van der Waals surface area contributed by atoms with E-state index in [1.165, 1.54) is 11.0 Å². The summed E-state index contributed by atoms with van der Waals surface area (Å²) in [5.41, 5.74) is 2.98. The van der Waals surface area contributed by atoms with E-state index in [-0.39, 0.29) is 30.5 Å². The van der Waals surface area contributed by atoms with Crippen LogP contribution in [-0.4, -0.2) is 18.4 Å². The summed E-state index contributed by atoms with van der Waals surface area (Å²) in [6, 6.07) is 11.9. The van der Waals surface area contributed by atoms with Crippen molar-refractivity contribution in [1.82, 2.24) is 0 Å². The van der Waals surface area contributed by atoms with Crippen LogP contribution in [0, 0.1) is 25.6 Å². The number of halogens is 1. The number of para-hydroxylation sites is 1.